The quantitative estimate of drug-likeness (QED) is 0.429. The number of carboxylic acid groups (broad SMARTS) is 1. The highest BCUT2D eigenvalue weighted by molar-refractivity contribution is 5.73. The maximum absolute atomic E-state index is 10.8. The lowest BCUT2D eigenvalue weighted by Crippen LogP contribution is -2.15. The average Bonchev–Trinajstić information content (AvgIpc) is 2.67. The van der Waals surface area contributed by atoms with E-state index in [0.717, 1.165) is 5.56 Å². The number of nitro benzene ring substituents is 1. The number of nitrogens with one attached hydrogen (secondary N) is 2. The van der Waals surface area contributed by atoms with E-state index in [0.29, 0.717) is 17.2 Å². The van der Waals surface area contributed by atoms with Crippen LogP contribution in [0.15, 0.2) is 60.7 Å². The molecule has 0 spiro atoms. The van der Waals surface area contributed by atoms with E-state index >= 15 is 0 Å². The molecule has 136 valence electrons. The minimum Gasteiger partial charge on any atom is -0.480 e. The van der Waals surface area contributed by atoms with Crippen LogP contribution in [0.5, 0.6) is 0 Å². The van der Waals surface area contributed by atoms with E-state index in [2.05, 4.69) is 20.6 Å². The first kappa shape index (κ1) is 17.8. The highest BCUT2D eigenvalue weighted by atomic mass is 16.6. The number of nitro groups is 1. The van der Waals surface area contributed by atoms with Gasteiger partial charge in [-0.1, -0.05) is 30.3 Å². The molecule has 0 bridgehead atoms. The zero-order valence-electron chi connectivity index (χ0n) is 14.0. The number of carbonyl (C=O) groups is 1. The van der Waals surface area contributed by atoms with Gasteiger partial charge in [-0.15, -0.1) is 0 Å². The number of non-ortho nitro benzene ring substituents is 1. The topological polar surface area (TPSA) is 130 Å². The number of aromatic nitrogens is 2. The number of aliphatic carboxylic acids is 1. The van der Waals surface area contributed by atoms with Gasteiger partial charge in [-0.3, -0.25) is 14.9 Å². The molecule has 0 saturated carbocycles. The molecular formula is C18H15N5O4. The number of anilines is 3. The normalized spacial score (nSPS) is 10.2. The number of hydrogen-bond acceptors (Lipinski definition) is 7. The molecule has 3 N–H and O–H groups in total. The van der Waals surface area contributed by atoms with Crippen LogP contribution in [0.2, 0.25) is 0 Å². The summed E-state index contributed by atoms with van der Waals surface area (Å²) in [5, 5.41) is 25.3. The standard InChI is InChI=1S/C18H15N5O4/c24-17(25)11-19-18-21-15(12-4-2-1-3-5-12)10-16(22-18)20-13-6-8-14(9-7-13)23(26)27/h1-10H,11H2,(H,24,25)(H2,19,20,21,22). The van der Waals surface area contributed by atoms with E-state index in [1.165, 1.54) is 12.1 Å². The van der Waals surface area contributed by atoms with Gasteiger partial charge in [-0.2, -0.15) is 4.98 Å². The fourth-order valence-corrected chi connectivity index (χ4v) is 2.32. The van der Waals surface area contributed by atoms with Crippen LogP contribution in [-0.4, -0.2) is 32.5 Å². The molecule has 1 aromatic heterocycles. The van der Waals surface area contributed by atoms with Crippen molar-refractivity contribution in [2.24, 2.45) is 0 Å². The largest absolute Gasteiger partial charge is 0.480 e. The second-order valence-electron chi connectivity index (χ2n) is 5.50. The van der Waals surface area contributed by atoms with Crippen molar-refractivity contribution < 1.29 is 14.8 Å². The van der Waals surface area contributed by atoms with Gasteiger partial charge in [0, 0.05) is 29.4 Å². The van der Waals surface area contributed by atoms with Crippen LogP contribution in [0, 0.1) is 10.1 Å². The van der Waals surface area contributed by atoms with Crippen molar-refractivity contribution in [1.29, 1.82) is 0 Å². The molecule has 0 aliphatic rings. The number of nitrogens with zero attached hydrogens (tertiary/aromatic N) is 3. The van der Waals surface area contributed by atoms with E-state index < -0.39 is 10.9 Å². The Labute approximate surface area is 153 Å². The third-order valence-corrected chi connectivity index (χ3v) is 3.54. The third kappa shape index (κ3) is 4.75. The highest BCUT2D eigenvalue weighted by Gasteiger charge is 2.09. The van der Waals surface area contributed by atoms with E-state index in [1.807, 2.05) is 30.3 Å². The van der Waals surface area contributed by atoms with Crippen molar-refractivity contribution in [2.45, 2.75) is 0 Å². The zero-order valence-corrected chi connectivity index (χ0v) is 14.0. The van der Waals surface area contributed by atoms with Crippen LogP contribution in [-0.2, 0) is 4.79 Å². The molecule has 0 radical (unpaired) electrons. The van der Waals surface area contributed by atoms with Crippen molar-refractivity contribution in [3.63, 3.8) is 0 Å². The van der Waals surface area contributed by atoms with Gasteiger partial charge in [0.2, 0.25) is 5.95 Å². The number of hydrogen-bond donors (Lipinski definition) is 3. The lowest BCUT2D eigenvalue weighted by atomic mass is 10.1. The second-order valence-corrected chi connectivity index (χ2v) is 5.50. The molecule has 2 aromatic carbocycles. The Morgan fingerprint density at radius 1 is 1.07 bits per heavy atom. The number of benzene rings is 2. The molecule has 0 amide bonds. The highest BCUT2D eigenvalue weighted by Crippen LogP contribution is 2.24. The molecule has 27 heavy (non-hydrogen) atoms. The molecule has 3 aromatic rings. The van der Waals surface area contributed by atoms with Gasteiger partial charge in [0.15, 0.2) is 0 Å². The monoisotopic (exact) mass is 365 g/mol. The fraction of sp³-hybridized carbons (Fsp3) is 0.0556. The summed E-state index contributed by atoms with van der Waals surface area (Å²) >= 11 is 0. The Bertz CT molecular complexity index is 961. The van der Waals surface area contributed by atoms with Crippen molar-refractivity contribution in [3.05, 3.63) is 70.8 Å². The lowest BCUT2D eigenvalue weighted by molar-refractivity contribution is -0.384. The molecule has 0 aliphatic carbocycles. The van der Waals surface area contributed by atoms with E-state index in [9.17, 15) is 14.9 Å². The Morgan fingerprint density at radius 3 is 2.41 bits per heavy atom. The third-order valence-electron chi connectivity index (χ3n) is 3.54. The van der Waals surface area contributed by atoms with Crippen molar-refractivity contribution >= 4 is 29.1 Å². The molecule has 0 saturated heterocycles. The van der Waals surface area contributed by atoms with Crippen molar-refractivity contribution in [3.8, 4) is 11.3 Å². The van der Waals surface area contributed by atoms with Gasteiger partial charge in [-0.25, -0.2) is 4.98 Å². The summed E-state index contributed by atoms with van der Waals surface area (Å²) in [7, 11) is 0. The van der Waals surface area contributed by atoms with Gasteiger partial charge >= 0.3 is 5.97 Å². The number of carboxylic acids is 1. The van der Waals surface area contributed by atoms with Crippen molar-refractivity contribution in [2.75, 3.05) is 17.2 Å². The first-order valence-corrected chi connectivity index (χ1v) is 7.93. The molecular weight excluding hydrogens is 350 g/mol. The zero-order chi connectivity index (χ0) is 19.2. The maximum atomic E-state index is 10.8. The van der Waals surface area contributed by atoms with E-state index in [4.69, 9.17) is 5.11 Å². The van der Waals surface area contributed by atoms with E-state index in [-0.39, 0.29) is 18.2 Å². The summed E-state index contributed by atoms with van der Waals surface area (Å²) in [5.74, 6) is -0.456. The first-order chi connectivity index (χ1) is 13.0. The molecule has 0 fully saturated rings. The molecule has 0 aliphatic heterocycles. The Hall–Kier alpha value is -4.01. The van der Waals surface area contributed by atoms with Crippen LogP contribution in [0.3, 0.4) is 0 Å². The van der Waals surface area contributed by atoms with Gasteiger partial charge in [0.1, 0.15) is 12.4 Å². The molecule has 0 unspecified atom stereocenters. The Kier molecular flexibility index (Phi) is 5.22. The second kappa shape index (κ2) is 7.91. The predicted octanol–water partition coefficient (Wildman–Crippen LogP) is 3.29. The summed E-state index contributed by atoms with van der Waals surface area (Å²) in [4.78, 5) is 29.7. The maximum Gasteiger partial charge on any atom is 0.322 e. The summed E-state index contributed by atoms with van der Waals surface area (Å²) in [6.45, 7) is -0.324. The lowest BCUT2D eigenvalue weighted by Gasteiger charge is -2.11. The van der Waals surface area contributed by atoms with Crippen LogP contribution in [0.25, 0.3) is 11.3 Å². The van der Waals surface area contributed by atoms with Gasteiger partial charge < -0.3 is 15.7 Å². The van der Waals surface area contributed by atoms with Gasteiger partial charge in [0.25, 0.3) is 5.69 Å². The number of rotatable bonds is 7. The molecule has 9 nitrogen and oxygen atoms in total. The Balaban J connectivity index is 1.91. The van der Waals surface area contributed by atoms with Gasteiger partial charge in [-0.05, 0) is 12.1 Å². The summed E-state index contributed by atoms with van der Waals surface area (Å²) in [6.07, 6.45) is 0. The minimum absolute atomic E-state index is 0.0166. The summed E-state index contributed by atoms with van der Waals surface area (Å²) in [6, 6.07) is 17.0. The SMILES string of the molecule is O=C(O)CNc1nc(Nc2ccc([N+](=O)[O-])cc2)cc(-c2ccccc2)n1. The van der Waals surface area contributed by atoms with Crippen LogP contribution in [0.4, 0.5) is 23.1 Å². The Morgan fingerprint density at radius 2 is 1.78 bits per heavy atom. The van der Waals surface area contributed by atoms with Crippen LogP contribution < -0.4 is 10.6 Å². The molecule has 3 rings (SSSR count). The molecule has 1 heterocycles. The van der Waals surface area contributed by atoms with Crippen LogP contribution in [0.1, 0.15) is 0 Å². The molecule has 9 heteroatoms. The average molecular weight is 365 g/mol. The minimum atomic E-state index is -1.03. The first-order valence-electron chi connectivity index (χ1n) is 7.93. The fourth-order valence-electron chi connectivity index (χ4n) is 2.32. The van der Waals surface area contributed by atoms with Crippen LogP contribution >= 0.6 is 0 Å². The van der Waals surface area contributed by atoms with E-state index in [1.54, 1.807) is 18.2 Å². The summed E-state index contributed by atoms with van der Waals surface area (Å²) in [5.41, 5.74) is 2.02. The molecule has 0 atom stereocenters. The summed E-state index contributed by atoms with van der Waals surface area (Å²) < 4.78 is 0. The smallest absolute Gasteiger partial charge is 0.322 e. The van der Waals surface area contributed by atoms with Crippen molar-refractivity contribution in [1.82, 2.24) is 9.97 Å². The predicted molar refractivity (Wildman–Crippen MR) is 100.0 cm³/mol. The van der Waals surface area contributed by atoms with Gasteiger partial charge in [0.05, 0.1) is 10.6 Å².